The van der Waals surface area contributed by atoms with Crippen molar-refractivity contribution in [2.75, 3.05) is 0 Å². The highest BCUT2D eigenvalue weighted by molar-refractivity contribution is 5.94. The zero-order valence-electron chi connectivity index (χ0n) is 26.0. The molecule has 9 N–H and O–H groups in total. The molecule has 0 radical (unpaired) electrons. The number of amides is 3. The number of hydrogen-bond donors (Lipinski definition) is 8. The number of hydrogen-bond acceptors (Lipinski definition) is 8. The normalized spacial score (nSPS) is 13.4. The molecule has 0 saturated carbocycles. The number of carboxylic acids is 1. The summed E-state index contributed by atoms with van der Waals surface area (Å²) in [5.74, 6) is -3.33. The fourth-order valence-corrected chi connectivity index (χ4v) is 5.01. The van der Waals surface area contributed by atoms with E-state index in [1.54, 1.807) is 54.6 Å². The first-order valence-corrected chi connectivity index (χ1v) is 15.2. The smallest absolute Gasteiger partial charge is 0.326 e. The molecule has 12 heteroatoms. The molecule has 12 nitrogen and oxygen atoms in total. The summed E-state index contributed by atoms with van der Waals surface area (Å²) in [6.45, 7) is 0. The lowest BCUT2D eigenvalue weighted by molar-refractivity contribution is -0.142. The molecule has 0 aliphatic rings. The zero-order chi connectivity index (χ0) is 34.6. The van der Waals surface area contributed by atoms with Crippen molar-refractivity contribution >= 4 is 23.7 Å². The van der Waals surface area contributed by atoms with Gasteiger partial charge in [-0.05, 0) is 65.1 Å². The highest BCUT2D eigenvalue weighted by atomic mass is 16.4. The van der Waals surface area contributed by atoms with E-state index in [0.29, 0.717) is 16.7 Å². The van der Waals surface area contributed by atoms with Crippen molar-refractivity contribution in [3.8, 4) is 17.2 Å². The third-order valence-electron chi connectivity index (χ3n) is 7.64. The van der Waals surface area contributed by atoms with E-state index >= 15 is 0 Å². The molecule has 0 aliphatic heterocycles. The molecule has 4 rings (SSSR count). The van der Waals surface area contributed by atoms with Gasteiger partial charge in [0.2, 0.25) is 17.7 Å². The van der Waals surface area contributed by atoms with Crippen LogP contribution < -0.4 is 21.7 Å². The van der Waals surface area contributed by atoms with Crippen molar-refractivity contribution < 1.29 is 39.6 Å². The second kappa shape index (κ2) is 16.6. The lowest BCUT2D eigenvalue weighted by Gasteiger charge is -2.25. The average molecular weight is 655 g/mol. The standard InChI is InChI=1S/C36H38N4O8/c37-29(18-23-6-12-26(41)13-7-23)33(44)38-30(19-22-4-2-1-3-5-22)34(45)39-31(20-24-8-14-27(42)15-9-24)35(46)40-32(36(47)48)21-25-10-16-28(43)17-11-25/h1-17,29-32,41-43H,18-21,37H2,(H,38,44)(H,39,45)(H,40,46)(H,47,48). The van der Waals surface area contributed by atoms with Gasteiger partial charge in [0, 0.05) is 19.3 Å². The Morgan fingerprint density at radius 2 is 0.812 bits per heavy atom. The Morgan fingerprint density at radius 3 is 1.23 bits per heavy atom. The van der Waals surface area contributed by atoms with Crippen LogP contribution in [-0.4, -0.2) is 68.3 Å². The van der Waals surface area contributed by atoms with Crippen LogP contribution in [0.15, 0.2) is 103 Å². The highest BCUT2D eigenvalue weighted by Gasteiger charge is 2.31. The molecule has 48 heavy (non-hydrogen) atoms. The van der Waals surface area contributed by atoms with Crippen molar-refractivity contribution in [2.24, 2.45) is 5.73 Å². The molecule has 0 aromatic heterocycles. The lowest BCUT2D eigenvalue weighted by atomic mass is 10.0. The first kappa shape index (κ1) is 35.0. The Bertz CT molecular complexity index is 1680. The number of phenolic OH excluding ortho intramolecular Hbond substituents is 3. The van der Waals surface area contributed by atoms with Gasteiger partial charge in [-0.3, -0.25) is 14.4 Å². The molecule has 4 aromatic rings. The third kappa shape index (κ3) is 10.6. The van der Waals surface area contributed by atoms with Crippen molar-refractivity contribution in [1.82, 2.24) is 16.0 Å². The Morgan fingerprint density at radius 1 is 0.479 bits per heavy atom. The topological polar surface area (TPSA) is 211 Å². The van der Waals surface area contributed by atoms with Crippen LogP contribution in [0.5, 0.6) is 17.2 Å². The summed E-state index contributed by atoms with van der Waals surface area (Å²) in [5.41, 5.74) is 8.73. The third-order valence-corrected chi connectivity index (χ3v) is 7.64. The summed E-state index contributed by atoms with van der Waals surface area (Å²) in [6, 6.07) is 22.2. The van der Waals surface area contributed by atoms with Crippen LogP contribution in [0.25, 0.3) is 0 Å². The Kier molecular flexibility index (Phi) is 12.1. The van der Waals surface area contributed by atoms with Crippen LogP contribution in [0.3, 0.4) is 0 Å². The van der Waals surface area contributed by atoms with Gasteiger partial charge in [0.05, 0.1) is 6.04 Å². The monoisotopic (exact) mass is 654 g/mol. The molecule has 4 aromatic carbocycles. The molecular formula is C36H38N4O8. The summed E-state index contributed by atoms with van der Waals surface area (Å²) < 4.78 is 0. The quantitative estimate of drug-likeness (QED) is 0.0940. The highest BCUT2D eigenvalue weighted by Crippen LogP contribution is 2.15. The van der Waals surface area contributed by atoms with Crippen molar-refractivity contribution in [3.05, 3.63) is 125 Å². The van der Waals surface area contributed by atoms with E-state index in [1.165, 1.54) is 48.5 Å². The van der Waals surface area contributed by atoms with Crippen LogP contribution in [0.4, 0.5) is 0 Å². The van der Waals surface area contributed by atoms with E-state index in [2.05, 4.69) is 16.0 Å². The molecule has 4 unspecified atom stereocenters. The first-order chi connectivity index (χ1) is 23.0. The SMILES string of the molecule is NC(Cc1ccc(O)cc1)C(=O)NC(Cc1ccccc1)C(=O)NC(Cc1ccc(O)cc1)C(=O)NC(Cc1ccc(O)cc1)C(=O)O. The molecule has 4 atom stereocenters. The van der Waals surface area contributed by atoms with Crippen LogP contribution in [0.2, 0.25) is 0 Å². The number of nitrogens with one attached hydrogen (secondary N) is 3. The van der Waals surface area contributed by atoms with E-state index in [0.717, 1.165) is 5.56 Å². The molecule has 0 spiro atoms. The number of carbonyl (C=O) groups excluding carboxylic acids is 3. The number of carbonyl (C=O) groups is 4. The number of carboxylic acid groups (broad SMARTS) is 1. The van der Waals surface area contributed by atoms with Gasteiger partial charge in [0.1, 0.15) is 35.4 Å². The van der Waals surface area contributed by atoms with Gasteiger partial charge in [-0.2, -0.15) is 0 Å². The van der Waals surface area contributed by atoms with Crippen molar-refractivity contribution in [2.45, 2.75) is 49.9 Å². The minimum atomic E-state index is -1.36. The summed E-state index contributed by atoms with van der Waals surface area (Å²) in [7, 11) is 0. The van der Waals surface area contributed by atoms with Gasteiger partial charge >= 0.3 is 5.97 Å². The minimum absolute atomic E-state index is 0.00194. The minimum Gasteiger partial charge on any atom is -0.508 e. The van der Waals surface area contributed by atoms with E-state index in [9.17, 15) is 39.6 Å². The molecule has 250 valence electrons. The maximum Gasteiger partial charge on any atom is 0.326 e. The van der Waals surface area contributed by atoms with Gasteiger partial charge in [0.25, 0.3) is 0 Å². The van der Waals surface area contributed by atoms with Crippen LogP contribution in [-0.2, 0) is 44.9 Å². The number of rotatable bonds is 15. The summed E-state index contributed by atoms with van der Waals surface area (Å²) in [4.78, 5) is 52.9. The number of benzene rings is 4. The van der Waals surface area contributed by atoms with Gasteiger partial charge in [-0.25, -0.2) is 4.79 Å². The van der Waals surface area contributed by atoms with Crippen LogP contribution in [0.1, 0.15) is 22.3 Å². The zero-order valence-corrected chi connectivity index (χ0v) is 26.0. The fraction of sp³-hybridized carbons (Fsp3) is 0.222. The van der Waals surface area contributed by atoms with Crippen molar-refractivity contribution in [1.29, 1.82) is 0 Å². The average Bonchev–Trinajstić information content (AvgIpc) is 3.07. The van der Waals surface area contributed by atoms with E-state index in [-0.39, 0.29) is 42.9 Å². The molecule has 0 bridgehead atoms. The Labute approximate surface area is 277 Å². The lowest BCUT2D eigenvalue weighted by Crippen LogP contribution is -2.58. The van der Waals surface area contributed by atoms with E-state index < -0.39 is 47.9 Å². The van der Waals surface area contributed by atoms with Crippen molar-refractivity contribution in [3.63, 3.8) is 0 Å². The number of phenols is 3. The largest absolute Gasteiger partial charge is 0.508 e. The number of nitrogens with two attached hydrogens (primary N) is 1. The first-order valence-electron chi connectivity index (χ1n) is 15.2. The Hall–Kier alpha value is -5.88. The van der Waals surface area contributed by atoms with Crippen LogP contribution >= 0.6 is 0 Å². The van der Waals surface area contributed by atoms with Gasteiger partial charge in [0.15, 0.2) is 0 Å². The summed E-state index contributed by atoms with van der Waals surface area (Å²) in [5, 5.41) is 46.7. The summed E-state index contributed by atoms with van der Waals surface area (Å²) >= 11 is 0. The van der Waals surface area contributed by atoms with Gasteiger partial charge in [-0.1, -0.05) is 66.7 Å². The molecule has 0 fully saturated rings. The number of aliphatic carboxylic acids is 1. The maximum absolute atomic E-state index is 13.8. The molecule has 3 amide bonds. The van der Waals surface area contributed by atoms with Gasteiger partial charge < -0.3 is 42.1 Å². The van der Waals surface area contributed by atoms with E-state index in [1.807, 2.05) is 0 Å². The predicted octanol–water partition coefficient (Wildman–Crippen LogP) is 1.94. The van der Waals surface area contributed by atoms with Crippen LogP contribution in [0, 0.1) is 0 Å². The summed E-state index contributed by atoms with van der Waals surface area (Å²) in [6.07, 6.45) is 0.0500. The second-order valence-electron chi connectivity index (χ2n) is 11.4. The number of aromatic hydroxyl groups is 3. The molecule has 0 heterocycles. The van der Waals surface area contributed by atoms with E-state index in [4.69, 9.17) is 5.73 Å². The Balaban J connectivity index is 1.55. The van der Waals surface area contributed by atoms with Gasteiger partial charge in [-0.15, -0.1) is 0 Å². The predicted molar refractivity (Wildman–Crippen MR) is 177 cm³/mol. The fourth-order valence-electron chi connectivity index (χ4n) is 5.01. The molecule has 0 saturated heterocycles. The molecule has 0 aliphatic carbocycles. The maximum atomic E-state index is 13.8. The molecular weight excluding hydrogens is 616 g/mol. The second-order valence-corrected chi connectivity index (χ2v) is 11.4.